The van der Waals surface area contributed by atoms with Crippen molar-refractivity contribution in [2.24, 2.45) is 4.99 Å². The molecule has 2 aliphatic rings. The molecule has 0 radical (unpaired) electrons. The number of amides is 1. The van der Waals surface area contributed by atoms with Gasteiger partial charge in [-0.1, -0.05) is 42.5 Å². The molecule has 2 saturated heterocycles. The first-order valence-electron chi connectivity index (χ1n) is 12.2. The van der Waals surface area contributed by atoms with Crippen LogP contribution in [0, 0.1) is 11.5 Å². The summed E-state index contributed by atoms with van der Waals surface area (Å²) in [5, 5.41) is 15.7. The van der Waals surface area contributed by atoms with Crippen LogP contribution in [-0.4, -0.2) is 62.8 Å². The Kier molecular flexibility index (Phi) is 8.22. The highest BCUT2D eigenvalue weighted by Crippen LogP contribution is 2.35. The molecular formula is C27H33N5O3. The first-order chi connectivity index (χ1) is 17.1. The van der Waals surface area contributed by atoms with E-state index in [2.05, 4.69) is 32.7 Å². The molecule has 0 unspecified atom stereocenters. The molecule has 2 fully saturated rings. The summed E-state index contributed by atoms with van der Waals surface area (Å²) in [5.74, 6) is 1.01. The van der Waals surface area contributed by atoms with Gasteiger partial charge in [0.15, 0.2) is 0 Å². The van der Waals surface area contributed by atoms with Gasteiger partial charge in [0, 0.05) is 38.2 Å². The van der Waals surface area contributed by atoms with Gasteiger partial charge in [-0.15, -0.1) is 4.99 Å². The van der Waals surface area contributed by atoms with E-state index in [4.69, 9.17) is 9.47 Å². The molecule has 0 spiro atoms. The Balaban J connectivity index is 1.45. The van der Waals surface area contributed by atoms with Gasteiger partial charge in [0.2, 0.25) is 12.2 Å². The van der Waals surface area contributed by atoms with Crippen molar-refractivity contribution in [3.63, 3.8) is 0 Å². The molecule has 35 heavy (non-hydrogen) atoms. The second-order valence-corrected chi connectivity index (χ2v) is 9.07. The quantitative estimate of drug-likeness (QED) is 0.363. The van der Waals surface area contributed by atoms with Crippen molar-refractivity contribution < 1.29 is 14.3 Å². The topological polar surface area (TPSA) is 99.0 Å². The molecule has 4 rings (SSSR count). The van der Waals surface area contributed by atoms with Gasteiger partial charge in [0.25, 0.3) is 5.91 Å². The lowest BCUT2D eigenvalue weighted by molar-refractivity contribution is 0.0928. The van der Waals surface area contributed by atoms with E-state index in [0.717, 1.165) is 45.4 Å². The molecule has 0 saturated carbocycles. The number of para-hydroxylation sites is 1. The summed E-state index contributed by atoms with van der Waals surface area (Å²) in [6.45, 7) is 3.39. The van der Waals surface area contributed by atoms with Gasteiger partial charge in [0.05, 0.1) is 18.8 Å². The Labute approximate surface area is 206 Å². The van der Waals surface area contributed by atoms with Crippen molar-refractivity contribution in [3.8, 4) is 11.9 Å². The molecule has 2 aromatic carbocycles. The number of guanidine groups is 1. The van der Waals surface area contributed by atoms with Crippen LogP contribution in [0.3, 0.4) is 0 Å². The van der Waals surface area contributed by atoms with Crippen LogP contribution in [0.1, 0.15) is 41.6 Å². The molecule has 2 aliphatic heterocycles. The molecule has 8 nitrogen and oxygen atoms in total. The Morgan fingerprint density at radius 1 is 1.17 bits per heavy atom. The lowest BCUT2D eigenvalue weighted by Crippen LogP contribution is -2.53. The SMILES string of the molecule is COc1ccccc1C(=O)NCC1(c2ccccc2)CCN(/C(=N\C#N)NC[C@@H]2CCCO2)CC1. The molecule has 0 aromatic heterocycles. The number of methoxy groups -OCH3 is 1. The number of piperidine rings is 1. The second kappa shape index (κ2) is 11.7. The van der Waals surface area contributed by atoms with Gasteiger partial charge in [-0.2, -0.15) is 5.26 Å². The number of hydrogen-bond donors (Lipinski definition) is 2. The number of likely N-dealkylation sites (tertiary alicyclic amines) is 1. The van der Waals surface area contributed by atoms with Crippen LogP contribution in [0.15, 0.2) is 59.6 Å². The predicted octanol–water partition coefficient (Wildman–Crippen LogP) is 3.06. The first-order valence-corrected chi connectivity index (χ1v) is 12.2. The Morgan fingerprint density at radius 2 is 1.91 bits per heavy atom. The Bertz CT molecular complexity index is 1050. The summed E-state index contributed by atoms with van der Waals surface area (Å²) >= 11 is 0. The van der Waals surface area contributed by atoms with Crippen molar-refractivity contribution in [1.82, 2.24) is 15.5 Å². The molecule has 2 heterocycles. The van der Waals surface area contributed by atoms with Crippen LogP contribution < -0.4 is 15.4 Å². The van der Waals surface area contributed by atoms with Crippen LogP contribution in [0.5, 0.6) is 5.75 Å². The minimum Gasteiger partial charge on any atom is -0.496 e. The van der Waals surface area contributed by atoms with Gasteiger partial charge < -0.3 is 25.0 Å². The third-order valence-corrected chi connectivity index (χ3v) is 7.01. The molecule has 8 heteroatoms. The number of nitrogens with one attached hydrogen (secondary N) is 2. The second-order valence-electron chi connectivity index (χ2n) is 9.07. The smallest absolute Gasteiger partial charge is 0.255 e. The number of carbonyl (C=O) groups is 1. The average Bonchev–Trinajstić information content (AvgIpc) is 3.44. The summed E-state index contributed by atoms with van der Waals surface area (Å²) in [5.41, 5.74) is 1.50. The van der Waals surface area contributed by atoms with Crippen LogP contribution in [0.2, 0.25) is 0 Å². The average molecular weight is 476 g/mol. The highest BCUT2D eigenvalue weighted by atomic mass is 16.5. The van der Waals surface area contributed by atoms with E-state index in [9.17, 15) is 10.1 Å². The van der Waals surface area contributed by atoms with Crippen molar-refractivity contribution in [2.75, 3.05) is 39.9 Å². The Morgan fingerprint density at radius 3 is 2.60 bits per heavy atom. The standard InChI is InChI=1S/C27H33N5O3/c1-34-24-12-6-5-11-23(24)25(33)30-19-27(21-8-3-2-4-9-21)13-15-32(16-14-27)26(31-20-28)29-18-22-10-7-17-35-22/h2-6,8-9,11-12,22H,7,10,13-19H2,1H3,(H,29,31)(H,30,33)/t22-/m0/s1. The number of nitriles is 1. The fourth-order valence-electron chi connectivity index (χ4n) is 4.96. The number of benzene rings is 2. The fourth-order valence-corrected chi connectivity index (χ4v) is 4.96. The van der Waals surface area contributed by atoms with Crippen LogP contribution in [0.4, 0.5) is 0 Å². The van der Waals surface area contributed by atoms with Gasteiger partial charge in [0.1, 0.15) is 5.75 Å². The maximum Gasteiger partial charge on any atom is 0.255 e. The zero-order chi connectivity index (χ0) is 24.5. The van der Waals surface area contributed by atoms with Crippen LogP contribution in [-0.2, 0) is 10.2 Å². The molecule has 0 bridgehead atoms. The van der Waals surface area contributed by atoms with E-state index >= 15 is 0 Å². The van der Waals surface area contributed by atoms with E-state index in [1.807, 2.05) is 36.5 Å². The van der Waals surface area contributed by atoms with E-state index < -0.39 is 0 Å². The number of ether oxygens (including phenoxy) is 2. The van der Waals surface area contributed by atoms with E-state index in [1.54, 1.807) is 19.2 Å². The van der Waals surface area contributed by atoms with Gasteiger partial charge in [-0.05, 0) is 43.4 Å². The minimum absolute atomic E-state index is 0.148. The maximum atomic E-state index is 13.0. The number of carbonyl (C=O) groups excluding carboxylic acids is 1. The van der Waals surface area contributed by atoms with Gasteiger partial charge >= 0.3 is 0 Å². The number of rotatable bonds is 7. The summed E-state index contributed by atoms with van der Waals surface area (Å²) in [6, 6.07) is 17.6. The van der Waals surface area contributed by atoms with Crippen LogP contribution in [0.25, 0.3) is 0 Å². The number of aliphatic imine (C=N–C) groups is 1. The fraction of sp³-hybridized carbons (Fsp3) is 0.444. The number of nitrogens with zero attached hydrogens (tertiary/aromatic N) is 3. The lowest BCUT2D eigenvalue weighted by Gasteiger charge is -2.43. The van der Waals surface area contributed by atoms with Crippen molar-refractivity contribution in [3.05, 3.63) is 65.7 Å². The molecular weight excluding hydrogens is 442 g/mol. The predicted molar refractivity (Wildman–Crippen MR) is 134 cm³/mol. The monoisotopic (exact) mass is 475 g/mol. The third kappa shape index (κ3) is 5.92. The molecule has 0 aliphatic carbocycles. The van der Waals surface area contributed by atoms with Crippen molar-refractivity contribution >= 4 is 11.9 Å². The van der Waals surface area contributed by atoms with E-state index in [-0.39, 0.29) is 17.4 Å². The summed E-state index contributed by atoms with van der Waals surface area (Å²) in [7, 11) is 1.57. The molecule has 2 N–H and O–H groups in total. The summed E-state index contributed by atoms with van der Waals surface area (Å²) < 4.78 is 11.1. The highest BCUT2D eigenvalue weighted by Gasteiger charge is 2.37. The van der Waals surface area contributed by atoms with Gasteiger partial charge in [-0.25, -0.2) is 0 Å². The van der Waals surface area contributed by atoms with Gasteiger partial charge in [-0.3, -0.25) is 4.79 Å². The van der Waals surface area contributed by atoms with E-state index in [1.165, 1.54) is 5.56 Å². The van der Waals surface area contributed by atoms with Crippen molar-refractivity contribution in [1.29, 1.82) is 5.26 Å². The Hall–Kier alpha value is -3.57. The van der Waals surface area contributed by atoms with Crippen LogP contribution >= 0.6 is 0 Å². The molecule has 1 atom stereocenters. The molecule has 184 valence electrons. The van der Waals surface area contributed by atoms with Crippen molar-refractivity contribution in [2.45, 2.75) is 37.2 Å². The minimum atomic E-state index is -0.220. The summed E-state index contributed by atoms with van der Waals surface area (Å²) in [6.07, 6.45) is 5.82. The third-order valence-electron chi connectivity index (χ3n) is 7.01. The lowest BCUT2D eigenvalue weighted by atomic mass is 9.72. The zero-order valence-electron chi connectivity index (χ0n) is 20.2. The molecule has 2 aromatic rings. The molecule has 1 amide bonds. The largest absolute Gasteiger partial charge is 0.496 e. The highest BCUT2D eigenvalue weighted by molar-refractivity contribution is 5.97. The number of hydrogen-bond acceptors (Lipinski definition) is 5. The first kappa shape index (κ1) is 24.6. The normalized spacial score (nSPS) is 19.6. The van der Waals surface area contributed by atoms with E-state index in [0.29, 0.717) is 30.4 Å². The summed E-state index contributed by atoms with van der Waals surface area (Å²) in [4.78, 5) is 19.2. The maximum absolute atomic E-state index is 13.0. The zero-order valence-corrected chi connectivity index (χ0v) is 20.2.